The fraction of sp³-hybridized carbons (Fsp3) is 0.873. The number of nitrogens with one attached hydrogen (secondary N) is 1. The fourth-order valence-electron chi connectivity index (χ4n) is 12.0. The van der Waals surface area contributed by atoms with Crippen LogP contribution in [0.25, 0.3) is 0 Å². The van der Waals surface area contributed by atoms with Gasteiger partial charge in [0.15, 0.2) is 0 Å². The highest BCUT2D eigenvalue weighted by Gasteiger charge is 2.20. The van der Waals surface area contributed by atoms with Gasteiger partial charge in [-0.25, -0.2) is 0 Å². The molecule has 0 heterocycles. The van der Waals surface area contributed by atoms with Crippen LogP contribution in [0.15, 0.2) is 48.6 Å². The molecule has 0 aliphatic heterocycles. The highest BCUT2D eigenvalue weighted by Crippen LogP contribution is 2.19. The van der Waals surface area contributed by atoms with E-state index >= 15 is 0 Å². The monoisotopic (exact) mass is 1190 g/mol. The third-order valence-corrected chi connectivity index (χ3v) is 17.9. The van der Waals surface area contributed by atoms with Crippen molar-refractivity contribution in [1.29, 1.82) is 0 Å². The summed E-state index contributed by atoms with van der Waals surface area (Å²) < 4.78 is 5.50. The molecule has 0 aliphatic carbocycles. The predicted octanol–water partition coefficient (Wildman–Crippen LogP) is 25.2. The standard InChI is InChI=1S/C79H149NO5/c1-3-5-7-9-11-13-15-17-19-21-22-23-24-30-33-36-40-43-47-51-55-59-63-67-71-77(82)76(75-81)80-78(83)72-68-64-60-56-52-48-44-41-37-34-31-28-26-25-27-29-32-35-38-42-46-50-54-58-62-66-70-74-85-79(84)73-69-65-61-57-53-49-45-39-20-18-16-14-12-10-8-6-4-2/h12,14,18,20,25-26,29,32,76-77,81-82H,3-11,13,15-17,19,21-24,27-28,30-31,33-75H2,1-2H3,(H,80,83)/b14-12-,20-18-,26-25-,32-29-. The Morgan fingerprint density at radius 2 is 0.588 bits per heavy atom. The lowest BCUT2D eigenvalue weighted by Crippen LogP contribution is -2.45. The van der Waals surface area contributed by atoms with Gasteiger partial charge in [-0.05, 0) is 89.9 Å². The van der Waals surface area contributed by atoms with Crippen molar-refractivity contribution in [3.63, 3.8) is 0 Å². The summed E-state index contributed by atoms with van der Waals surface area (Å²) in [5, 5.41) is 23.5. The van der Waals surface area contributed by atoms with Gasteiger partial charge in [0.2, 0.25) is 5.91 Å². The molecular formula is C79H149NO5. The largest absolute Gasteiger partial charge is 0.466 e. The first-order valence-electron chi connectivity index (χ1n) is 38.4. The fourth-order valence-corrected chi connectivity index (χ4v) is 12.0. The minimum atomic E-state index is -0.669. The number of hydrogen-bond donors (Lipinski definition) is 3. The second-order valence-corrected chi connectivity index (χ2v) is 26.3. The van der Waals surface area contributed by atoms with E-state index in [-0.39, 0.29) is 18.5 Å². The van der Waals surface area contributed by atoms with Crippen molar-refractivity contribution in [3.8, 4) is 0 Å². The van der Waals surface area contributed by atoms with Gasteiger partial charge in [0.05, 0.1) is 25.4 Å². The van der Waals surface area contributed by atoms with Crippen LogP contribution in [0.5, 0.6) is 0 Å². The Labute approximate surface area is 531 Å². The van der Waals surface area contributed by atoms with E-state index in [4.69, 9.17) is 4.74 Å². The molecule has 2 atom stereocenters. The smallest absolute Gasteiger partial charge is 0.305 e. The number of aliphatic hydroxyl groups excluding tert-OH is 2. The van der Waals surface area contributed by atoms with Gasteiger partial charge in [-0.1, -0.05) is 364 Å². The summed E-state index contributed by atoms with van der Waals surface area (Å²) in [6, 6.07) is -0.546. The van der Waals surface area contributed by atoms with Crippen LogP contribution in [0.2, 0.25) is 0 Å². The molecule has 1 amide bonds. The highest BCUT2D eigenvalue weighted by molar-refractivity contribution is 5.76. The van der Waals surface area contributed by atoms with Crippen LogP contribution in [0, 0.1) is 0 Å². The number of hydrogen-bond acceptors (Lipinski definition) is 5. The van der Waals surface area contributed by atoms with Crippen LogP contribution < -0.4 is 5.32 Å². The molecule has 0 spiro atoms. The minimum Gasteiger partial charge on any atom is -0.466 e. The maximum atomic E-state index is 12.6. The van der Waals surface area contributed by atoms with Crippen molar-refractivity contribution in [2.45, 2.75) is 431 Å². The molecule has 0 aromatic rings. The van der Waals surface area contributed by atoms with E-state index in [9.17, 15) is 19.8 Å². The van der Waals surface area contributed by atoms with E-state index in [0.29, 0.717) is 25.9 Å². The molecule has 0 radical (unpaired) electrons. The summed E-state index contributed by atoms with van der Waals surface area (Å²) in [6.07, 6.45) is 97.5. The third kappa shape index (κ3) is 70.8. The number of amides is 1. The highest BCUT2D eigenvalue weighted by atomic mass is 16.5. The Balaban J connectivity index is 3.42. The van der Waals surface area contributed by atoms with Gasteiger partial charge in [-0.3, -0.25) is 9.59 Å². The number of unbranched alkanes of at least 4 members (excludes halogenated alkanes) is 53. The zero-order valence-electron chi connectivity index (χ0n) is 57.4. The zero-order chi connectivity index (χ0) is 61.3. The number of ether oxygens (including phenoxy) is 1. The second kappa shape index (κ2) is 74.3. The Morgan fingerprint density at radius 1 is 0.329 bits per heavy atom. The topological polar surface area (TPSA) is 95.9 Å². The normalized spacial score (nSPS) is 12.8. The average molecular weight is 1190 g/mol. The van der Waals surface area contributed by atoms with Crippen LogP contribution in [-0.4, -0.2) is 47.4 Å². The van der Waals surface area contributed by atoms with Gasteiger partial charge in [0.25, 0.3) is 0 Å². The molecule has 3 N–H and O–H groups in total. The SMILES string of the molecule is CCCCC/C=C\C/C=C\CCCCCCCCCC(=O)OCCCCCCCCCCC/C=C\C/C=C\CCCCCCCCCCCCCC(=O)NC(CO)C(O)CCCCCCCCCCCCCCCCCCCCCCCCCC. The molecule has 0 aliphatic rings. The van der Waals surface area contributed by atoms with Gasteiger partial charge in [0, 0.05) is 12.8 Å². The summed E-state index contributed by atoms with van der Waals surface area (Å²) in [6.45, 7) is 4.96. The molecule has 0 rings (SSSR count). The lowest BCUT2D eigenvalue weighted by Gasteiger charge is -2.22. The predicted molar refractivity (Wildman–Crippen MR) is 375 cm³/mol. The van der Waals surface area contributed by atoms with E-state index in [1.165, 1.54) is 327 Å². The van der Waals surface area contributed by atoms with Crippen molar-refractivity contribution >= 4 is 11.9 Å². The van der Waals surface area contributed by atoms with Crippen molar-refractivity contribution in [2.24, 2.45) is 0 Å². The molecule has 2 unspecified atom stereocenters. The molecule has 500 valence electrons. The van der Waals surface area contributed by atoms with Gasteiger partial charge in [0.1, 0.15) is 0 Å². The van der Waals surface area contributed by atoms with Crippen molar-refractivity contribution < 1.29 is 24.5 Å². The first-order valence-corrected chi connectivity index (χ1v) is 38.4. The molecule has 0 aromatic heterocycles. The molecule has 85 heavy (non-hydrogen) atoms. The Hall–Kier alpha value is -2.18. The first kappa shape index (κ1) is 82.8. The maximum Gasteiger partial charge on any atom is 0.305 e. The summed E-state index contributed by atoms with van der Waals surface area (Å²) in [7, 11) is 0. The van der Waals surface area contributed by atoms with Crippen LogP contribution in [0.3, 0.4) is 0 Å². The second-order valence-electron chi connectivity index (χ2n) is 26.3. The van der Waals surface area contributed by atoms with Crippen molar-refractivity contribution in [1.82, 2.24) is 5.32 Å². The average Bonchev–Trinajstić information content (AvgIpc) is 3.51. The molecule has 0 bridgehead atoms. The molecule has 0 fully saturated rings. The number of aliphatic hydroxyl groups is 2. The lowest BCUT2D eigenvalue weighted by molar-refractivity contribution is -0.143. The number of carbonyl (C=O) groups excluding carboxylic acids is 2. The van der Waals surface area contributed by atoms with Gasteiger partial charge in [-0.15, -0.1) is 0 Å². The van der Waals surface area contributed by atoms with E-state index in [1.807, 2.05) is 0 Å². The number of rotatable bonds is 72. The maximum absolute atomic E-state index is 12.6. The Kier molecular flexibility index (Phi) is 72.4. The van der Waals surface area contributed by atoms with E-state index in [0.717, 1.165) is 57.8 Å². The molecule has 0 saturated heterocycles. The number of allylic oxidation sites excluding steroid dienone is 8. The Bertz CT molecular complexity index is 1420. The van der Waals surface area contributed by atoms with E-state index < -0.39 is 12.1 Å². The van der Waals surface area contributed by atoms with Crippen molar-refractivity contribution in [2.75, 3.05) is 13.2 Å². The minimum absolute atomic E-state index is 0.00341. The quantitative estimate of drug-likeness (QED) is 0.0320. The van der Waals surface area contributed by atoms with Gasteiger partial charge in [-0.2, -0.15) is 0 Å². The zero-order valence-corrected chi connectivity index (χ0v) is 57.4. The number of carbonyl (C=O) groups is 2. The molecule has 0 saturated carbocycles. The summed E-state index contributed by atoms with van der Waals surface area (Å²) >= 11 is 0. The van der Waals surface area contributed by atoms with Gasteiger partial charge < -0.3 is 20.3 Å². The van der Waals surface area contributed by atoms with E-state index in [1.54, 1.807) is 0 Å². The van der Waals surface area contributed by atoms with Crippen LogP contribution in [0.4, 0.5) is 0 Å². The van der Waals surface area contributed by atoms with Crippen LogP contribution >= 0.6 is 0 Å². The lowest BCUT2D eigenvalue weighted by atomic mass is 10.0. The summed E-state index contributed by atoms with van der Waals surface area (Å²) in [4.78, 5) is 24.7. The summed E-state index contributed by atoms with van der Waals surface area (Å²) in [5.74, 6) is -0.0303. The van der Waals surface area contributed by atoms with Crippen LogP contribution in [-0.2, 0) is 14.3 Å². The van der Waals surface area contributed by atoms with Crippen molar-refractivity contribution in [3.05, 3.63) is 48.6 Å². The molecule has 6 nitrogen and oxygen atoms in total. The molecule has 0 aromatic carbocycles. The Morgan fingerprint density at radius 3 is 0.918 bits per heavy atom. The first-order chi connectivity index (χ1) is 42.0. The molecule has 6 heteroatoms. The van der Waals surface area contributed by atoms with Gasteiger partial charge >= 0.3 is 5.97 Å². The van der Waals surface area contributed by atoms with E-state index in [2.05, 4.69) is 67.8 Å². The molecular weight excluding hydrogens is 1040 g/mol. The van der Waals surface area contributed by atoms with Crippen LogP contribution in [0.1, 0.15) is 418 Å². The third-order valence-electron chi connectivity index (χ3n) is 17.9. The number of esters is 1. The summed E-state index contributed by atoms with van der Waals surface area (Å²) in [5.41, 5.74) is 0.